The molecule has 0 aliphatic carbocycles. The summed E-state index contributed by atoms with van der Waals surface area (Å²) in [6.45, 7) is 0.483. The molecule has 1 amide bonds. The van der Waals surface area contributed by atoms with Gasteiger partial charge in [0.2, 0.25) is 5.91 Å². The molecular weight excluding hydrogens is 297 g/mol. The van der Waals surface area contributed by atoms with Crippen molar-refractivity contribution in [3.8, 4) is 6.07 Å². The fraction of sp³-hybridized carbons (Fsp3) is 0.250. The molecule has 0 radical (unpaired) electrons. The second kappa shape index (κ2) is 6.40. The average Bonchev–Trinajstić information content (AvgIpc) is 2.58. The maximum absolute atomic E-state index is 13.9. The van der Waals surface area contributed by atoms with Gasteiger partial charge in [-0.05, 0) is 25.0 Å². The number of aromatic nitrogens is 2. The molecule has 1 aliphatic rings. The van der Waals surface area contributed by atoms with E-state index in [1.54, 1.807) is 18.2 Å². The number of carbonyl (C=O) groups excluding carboxylic acids is 1. The molecule has 2 aromatic rings. The summed E-state index contributed by atoms with van der Waals surface area (Å²) in [4.78, 5) is 22.0. The molecule has 1 aliphatic heterocycles. The molecule has 1 saturated heterocycles. The number of para-hydroxylation sites is 1. The molecular formula is C16H14FN5O. The van der Waals surface area contributed by atoms with Gasteiger partial charge in [0, 0.05) is 6.54 Å². The lowest BCUT2D eigenvalue weighted by atomic mass is 10.0. The third-order valence-electron chi connectivity index (χ3n) is 3.67. The molecule has 2 heterocycles. The molecule has 7 heteroatoms. The van der Waals surface area contributed by atoms with E-state index in [4.69, 9.17) is 5.26 Å². The van der Waals surface area contributed by atoms with Gasteiger partial charge in [-0.25, -0.2) is 14.4 Å². The van der Waals surface area contributed by atoms with E-state index >= 15 is 0 Å². The summed E-state index contributed by atoms with van der Waals surface area (Å²) in [5, 5.41) is 11.7. The van der Waals surface area contributed by atoms with Crippen molar-refractivity contribution < 1.29 is 9.18 Å². The molecule has 0 spiro atoms. The number of halogens is 1. The minimum absolute atomic E-state index is 0.201. The maximum atomic E-state index is 13.9. The normalized spacial score (nSPS) is 17.7. The van der Waals surface area contributed by atoms with Gasteiger partial charge in [0.05, 0.1) is 18.1 Å². The van der Waals surface area contributed by atoms with Crippen molar-refractivity contribution in [1.82, 2.24) is 9.97 Å². The highest BCUT2D eigenvalue weighted by Gasteiger charge is 2.31. The predicted molar refractivity (Wildman–Crippen MR) is 82.1 cm³/mol. The number of hydrogen-bond donors (Lipinski definition) is 1. The van der Waals surface area contributed by atoms with Gasteiger partial charge in [-0.15, -0.1) is 0 Å². The highest BCUT2D eigenvalue weighted by molar-refractivity contribution is 5.99. The number of nitrogens with one attached hydrogen (secondary N) is 1. The molecule has 3 rings (SSSR count). The van der Waals surface area contributed by atoms with Gasteiger partial charge in [0.15, 0.2) is 5.69 Å². The van der Waals surface area contributed by atoms with Gasteiger partial charge in [-0.1, -0.05) is 12.1 Å². The fourth-order valence-corrected chi connectivity index (χ4v) is 2.56. The van der Waals surface area contributed by atoms with Crippen LogP contribution in [-0.2, 0) is 4.79 Å². The number of anilines is 2. The van der Waals surface area contributed by atoms with Crippen molar-refractivity contribution in [3.05, 3.63) is 48.2 Å². The Kier molecular flexibility index (Phi) is 4.15. The Bertz CT molecular complexity index is 756. The van der Waals surface area contributed by atoms with Gasteiger partial charge in [-0.2, -0.15) is 5.26 Å². The van der Waals surface area contributed by atoms with Gasteiger partial charge in [-0.3, -0.25) is 4.79 Å². The summed E-state index contributed by atoms with van der Waals surface area (Å²) in [5.41, 5.74) is 0.494. The third kappa shape index (κ3) is 3.11. The Balaban J connectivity index is 1.77. The molecule has 0 saturated carbocycles. The molecule has 0 bridgehead atoms. The van der Waals surface area contributed by atoms with Crippen LogP contribution in [0.15, 0.2) is 36.7 Å². The quantitative estimate of drug-likeness (QED) is 0.938. The Labute approximate surface area is 132 Å². The topological polar surface area (TPSA) is 81.9 Å². The number of benzene rings is 1. The largest absolute Gasteiger partial charge is 0.357 e. The van der Waals surface area contributed by atoms with Crippen molar-refractivity contribution in [2.45, 2.75) is 18.9 Å². The monoisotopic (exact) mass is 311 g/mol. The first-order chi connectivity index (χ1) is 11.2. The van der Waals surface area contributed by atoms with E-state index in [1.807, 2.05) is 6.07 Å². The fourth-order valence-electron chi connectivity index (χ4n) is 2.56. The van der Waals surface area contributed by atoms with Crippen LogP contribution < -0.4 is 10.2 Å². The van der Waals surface area contributed by atoms with E-state index in [0.717, 1.165) is 6.42 Å². The van der Waals surface area contributed by atoms with Crippen LogP contribution >= 0.6 is 0 Å². The lowest BCUT2D eigenvalue weighted by Crippen LogP contribution is -2.48. The zero-order valence-electron chi connectivity index (χ0n) is 12.2. The minimum Gasteiger partial charge on any atom is -0.357 e. The van der Waals surface area contributed by atoms with E-state index in [0.29, 0.717) is 18.8 Å². The Morgan fingerprint density at radius 1 is 1.30 bits per heavy atom. The number of nitrogens with zero attached hydrogens (tertiary/aromatic N) is 4. The van der Waals surface area contributed by atoms with Gasteiger partial charge in [0.25, 0.3) is 0 Å². The number of hydrogen-bond acceptors (Lipinski definition) is 5. The molecule has 1 unspecified atom stereocenters. The summed E-state index contributed by atoms with van der Waals surface area (Å²) < 4.78 is 13.9. The molecule has 23 heavy (non-hydrogen) atoms. The second-order valence-corrected chi connectivity index (χ2v) is 5.18. The van der Waals surface area contributed by atoms with E-state index in [-0.39, 0.29) is 17.3 Å². The zero-order valence-corrected chi connectivity index (χ0v) is 12.2. The summed E-state index contributed by atoms with van der Waals surface area (Å²) in [6, 6.07) is 7.62. The Hall–Kier alpha value is -3.01. The van der Waals surface area contributed by atoms with E-state index < -0.39 is 11.9 Å². The molecule has 1 fully saturated rings. The first-order valence-corrected chi connectivity index (χ1v) is 7.23. The molecule has 1 aromatic heterocycles. The third-order valence-corrected chi connectivity index (χ3v) is 3.67. The summed E-state index contributed by atoms with van der Waals surface area (Å²) in [7, 11) is 0. The molecule has 1 N–H and O–H groups in total. The van der Waals surface area contributed by atoms with Gasteiger partial charge < -0.3 is 10.2 Å². The van der Waals surface area contributed by atoms with Crippen molar-refractivity contribution in [3.63, 3.8) is 0 Å². The van der Waals surface area contributed by atoms with Crippen LogP contribution in [0.5, 0.6) is 0 Å². The van der Waals surface area contributed by atoms with Crippen molar-refractivity contribution >= 4 is 17.4 Å². The number of rotatable bonds is 3. The highest BCUT2D eigenvalue weighted by atomic mass is 19.1. The van der Waals surface area contributed by atoms with Crippen molar-refractivity contribution in [2.24, 2.45) is 0 Å². The van der Waals surface area contributed by atoms with Crippen LogP contribution in [0.1, 0.15) is 18.5 Å². The van der Waals surface area contributed by atoms with Crippen LogP contribution in [0.4, 0.5) is 15.9 Å². The smallest absolute Gasteiger partial charge is 0.249 e. The molecule has 1 atom stereocenters. The molecule has 1 aromatic carbocycles. The lowest BCUT2D eigenvalue weighted by Gasteiger charge is -2.33. The first-order valence-electron chi connectivity index (χ1n) is 7.23. The maximum Gasteiger partial charge on any atom is 0.249 e. The summed E-state index contributed by atoms with van der Waals surface area (Å²) in [6.07, 6.45) is 4.13. The van der Waals surface area contributed by atoms with Crippen molar-refractivity contribution in [1.29, 1.82) is 5.26 Å². The SMILES string of the molecule is N#Cc1cnc(NC2CCCN(c3ccccc3F)C2=O)cn1. The van der Waals surface area contributed by atoms with Crippen molar-refractivity contribution in [2.75, 3.05) is 16.8 Å². The van der Waals surface area contributed by atoms with Crippen LogP contribution in [0.2, 0.25) is 0 Å². The number of amides is 1. The average molecular weight is 311 g/mol. The van der Waals surface area contributed by atoms with E-state index in [1.165, 1.54) is 23.4 Å². The number of carbonyl (C=O) groups is 1. The van der Waals surface area contributed by atoms with E-state index in [9.17, 15) is 9.18 Å². The van der Waals surface area contributed by atoms with Crippen LogP contribution in [-0.4, -0.2) is 28.5 Å². The van der Waals surface area contributed by atoms with Crippen LogP contribution in [0.3, 0.4) is 0 Å². The summed E-state index contributed by atoms with van der Waals surface area (Å²) >= 11 is 0. The van der Waals surface area contributed by atoms with Gasteiger partial charge in [0.1, 0.15) is 23.7 Å². The molecule has 6 nitrogen and oxygen atoms in total. The number of piperidine rings is 1. The standard InChI is InChI=1S/C16H14FN5O/c17-12-4-1-2-6-14(12)22-7-3-5-13(16(22)23)21-15-10-19-11(8-18)9-20-15/h1-2,4,6,9-10,13H,3,5,7H2,(H,20,21). The number of nitriles is 1. The highest BCUT2D eigenvalue weighted by Crippen LogP contribution is 2.25. The Morgan fingerprint density at radius 2 is 2.13 bits per heavy atom. The second-order valence-electron chi connectivity index (χ2n) is 5.18. The van der Waals surface area contributed by atoms with Gasteiger partial charge >= 0.3 is 0 Å². The minimum atomic E-state index is -0.495. The van der Waals surface area contributed by atoms with Crippen LogP contribution in [0, 0.1) is 17.1 Å². The zero-order chi connectivity index (χ0) is 16.2. The first kappa shape index (κ1) is 14.9. The predicted octanol–water partition coefficient (Wildman–Crippen LogP) is 2.09. The summed E-state index contributed by atoms with van der Waals surface area (Å²) in [5.74, 6) is -0.204. The molecule has 116 valence electrons. The Morgan fingerprint density at radius 3 is 2.83 bits per heavy atom. The van der Waals surface area contributed by atoms with Crippen LogP contribution in [0.25, 0.3) is 0 Å². The lowest BCUT2D eigenvalue weighted by molar-refractivity contribution is -0.120. The van der Waals surface area contributed by atoms with E-state index in [2.05, 4.69) is 15.3 Å².